The number of nitro benzene ring substituents is 1. The van der Waals surface area contributed by atoms with Crippen LogP contribution < -0.4 is 10.2 Å². The lowest BCUT2D eigenvalue weighted by Crippen LogP contribution is -2.30. The summed E-state index contributed by atoms with van der Waals surface area (Å²) in [5.41, 5.74) is 1.75. The fourth-order valence-electron chi connectivity index (χ4n) is 4.50. The van der Waals surface area contributed by atoms with E-state index in [4.69, 9.17) is 0 Å². The van der Waals surface area contributed by atoms with Gasteiger partial charge in [-0.1, -0.05) is 24.6 Å². The number of anilines is 2. The van der Waals surface area contributed by atoms with Gasteiger partial charge in [-0.05, 0) is 43.2 Å². The first-order valence-electron chi connectivity index (χ1n) is 10.9. The van der Waals surface area contributed by atoms with Gasteiger partial charge in [-0.3, -0.25) is 29.4 Å². The molecule has 0 spiro atoms. The Balaban J connectivity index is 1.25. The molecule has 0 unspecified atom stereocenters. The number of hydrogen-bond acceptors (Lipinski definition) is 8. The standard InChI is InChI=1S/C23H20N4O5S2/c28-20(24-13-5-7-14(8-6-13)27(31)32)12-33-23-25-18-10-9-15(11-19(18)34-23)26-21(29)16-3-1-2-4-17(16)22(26)30/h5-11,16-17H,1-4,12H2,(H,24,28)/t16-,17-/m0/s1. The smallest absolute Gasteiger partial charge is 0.269 e. The first kappa shape index (κ1) is 22.5. The molecule has 0 bridgehead atoms. The summed E-state index contributed by atoms with van der Waals surface area (Å²) < 4.78 is 1.53. The molecule has 2 fully saturated rings. The van der Waals surface area contributed by atoms with Crippen LogP contribution in [0.3, 0.4) is 0 Å². The highest BCUT2D eigenvalue weighted by Gasteiger charge is 2.48. The predicted octanol–water partition coefficient (Wildman–Crippen LogP) is 4.61. The number of non-ortho nitro benzene ring substituents is 1. The van der Waals surface area contributed by atoms with Crippen LogP contribution in [0.4, 0.5) is 17.1 Å². The quantitative estimate of drug-likeness (QED) is 0.229. The topological polar surface area (TPSA) is 123 Å². The summed E-state index contributed by atoms with van der Waals surface area (Å²) in [7, 11) is 0. The van der Waals surface area contributed by atoms with Gasteiger partial charge in [0, 0.05) is 17.8 Å². The highest BCUT2D eigenvalue weighted by molar-refractivity contribution is 8.01. The van der Waals surface area contributed by atoms with Crippen molar-refractivity contribution in [1.82, 2.24) is 4.98 Å². The average molecular weight is 497 g/mol. The zero-order valence-electron chi connectivity index (χ0n) is 17.9. The van der Waals surface area contributed by atoms with E-state index in [0.717, 1.165) is 35.9 Å². The van der Waals surface area contributed by atoms with Crippen LogP contribution in [0.1, 0.15) is 25.7 Å². The van der Waals surface area contributed by atoms with Gasteiger partial charge in [-0.2, -0.15) is 0 Å². The molecule has 174 valence electrons. The fraction of sp³-hybridized carbons (Fsp3) is 0.304. The Kier molecular flexibility index (Phi) is 6.05. The zero-order chi connectivity index (χ0) is 23.8. The van der Waals surface area contributed by atoms with Crippen molar-refractivity contribution < 1.29 is 19.3 Å². The molecule has 9 nitrogen and oxygen atoms in total. The van der Waals surface area contributed by atoms with Crippen LogP contribution in [0.2, 0.25) is 0 Å². The fourth-order valence-corrected chi connectivity index (χ4v) is 6.40. The Bertz CT molecular complexity index is 1280. The van der Waals surface area contributed by atoms with Crippen molar-refractivity contribution in [2.45, 2.75) is 30.0 Å². The molecule has 2 heterocycles. The van der Waals surface area contributed by atoms with E-state index >= 15 is 0 Å². The summed E-state index contributed by atoms with van der Waals surface area (Å²) in [6.07, 6.45) is 3.52. The molecule has 2 atom stereocenters. The number of hydrogen-bond donors (Lipinski definition) is 1. The van der Waals surface area contributed by atoms with Gasteiger partial charge in [0.25, 0.3) is 5.69 Å². The van der Waals surface area contributed by atoms with Crippen molar-refractivity contribution in [3.8, 4) is 0 Å². The average Bonchev–Trinajstić information content (AvgIpc) is 3.36. The van der Waals surface area contributed by atoms with Crippen LogP contribution in [0.5, 0.6) is 0 Å². The maximum Gasteiger partial charge on any atom is 0.269 e. The van der Waals surface area contributed by atoms with E-state index in [1.165, 1.54) is 52.3 Å². The Hall–Kier alpha value is -3.31. The number of nitrogens with one attached hydrogen (secondary N) is 1. The molecular weight excluding hydrogens is 476 g/mol. The van der Waals surface area contributed by atoms with E-state index in [9.17, 15) is 24.5 Å². The SMILES string of the molecule is O=C(CSc1nc2ccc(N3C(=O)[C@H]4CCCC[C@@H]4C3=O)cc2s1)Nc1ccc([N+](=O)[O-])cc1. The van der Waals surface area contributed by atoms with Crippen LogP contribution in [0, 0.1) is 22.0 Å². The summed E-state index contributed by atoms with van der Waals surface area (Å²) in [4.78, 5) is 54.1. The molecule has 1 N–H and O–H groups in total. The predicted molar refractivity (Wildman–Crippen MR) is 130 cm³/mol. The number of thiazole rings is 1. The van der Waals surface area contributed by atoms with Crippen LogP contribution in [0.25, 0.3) is 10.2 Å². The molecule has 11 heteroatoms. The molecule has 1 aliphatic carbocycles. The molecule has 1 aliphatic heterocycles. The maximum absolute atomic E-state index is 12.9. The molecule has 3 amide bonds. The Morgan fingerprint density at radius 1 is 1.12 bits per heavy atom. The summed E-state index contributed by atoms with van der Waals surface area (Å²) in [5, 5.41) is 13.4. The van der Waals surface area contributed by atoms with Gasteiger partial charge in [0.1, 0.15) is 0 Å². The number of amides is 3. The maximum atomic E-state index is 12.9. The number of aromatic nitrogens is 1. The van der Waals surface area contributed by atoms with E-state index in [0.29, 0.717) is 15.7 Å². The molecule has 0 radical (unpaired) electrons. The summed E-state index contributed by atoms with van der Waals surface area (Å²) >= 11 is 2.68. The number of nitro groups is 1. The lowest BCUT2D eigenvalue weighted by molar-refractivity contribution is -0.384. The number of nitrogens with zero attached hydrogens (tertiary/aromatic N) is 3. The Morgan fingerprint density at radius 3 is 2.44 bits per heavy atom. The van der Waals surface area contributed by atoms with Crippen molar-refractivity contribution in [2.75, 3.05) is 16.0 Å². The first-order chi connectivity index (χ1) is 16.4. The molecule has 2 aromatic carbocycles. The van der Waals surface area contributed by atoms with Crippen molar-refractivity contribution in [3.63, 3.8) is 0 Å². The van der Waals surface area contributed by atoms with Gasteiger partial charge in [-0.15, -0.1) is 11.3 Å². The van der Waals surface area contributed by atoms with Crippen molar-refractivity contribution in [1.29, 1.82) is 0 Å². The number of benzene rings is 2. The minimum Gasteiger partial charge on any atom is -0.325 e. The van der Waals surface area contributed by atoms with Gasteiger partial charge in [0.2, 0.25) is 17.7 Å². The van der Waals surface area contributed by atoms with Crippen molar-refractivity contribution in [2.24, 2.45) is 11.8 Å². The molecule has 1 saturated carbocycles. The van der Waals surface area contributed by atoms with Crippen LogP contribution in [0.15, 0.2) is 46.8 Å². The second-order valence-corrected chi connectivity index (χ2v) is 10.5. The Morgan fingerprint density at radius 2 is 1.79 bits per heavy atom. The molecule has 34 heavy (non-hydrogen) atoms. The molecule has 3 aromatic rings. The van der Waals surface area contributed by atoms with Crippen LogP contribution in [-0.2, 0) is 14.4 Å². The third kappa shape index (κ3) is 4.28. The number of carbonyl (C=O) groups is 3. The van der Waals surface area contributed by atoms with Gasteiger partial charge in [0.05, 0.1) is 38.4 Å². The summed E-state index contributed by atoms with van der Waals surface area (Å²) in [6, 6.07) is 11.0. The molecule has 2 aliphatic rings. The zero-order valence-corrected chi connectivity index (χ0v) is 19.6. The minimum absolute atomic E-state index is 0.0442. The highest BCUT2D eigenvalue weighted by Crippen LogP contribution is 2.41. The third-order valence-electron chi connectivity index (χ3n) is 6.14. The van der Waals surface area contributed by atoms with E-state index < -0.39 is 4.92 Å². The first-order valence-corrected chi connectivity index (χ1v) is 12.7. The minimum atomic E-state index is -0.497. The van der Waals surface area contributed by atoms with Gasteiger partial charge >= 0.3 is 0 Å². The number of fused-ring (bicyclic) bond motifs is 2. The number of rotatable bonds is 6. The molecule has 5 rings (SSSR count). The number of carbonyl (C=O) groups excluding carboxylic acids is 3. The molecule has 1 aromatic heterocycles. The van der Waals surface area contributed by atoms with E-state index in [-0.39, 0.29) is 41.0 Å². The largest absolute Gasteiger partial charge is 0.325 e. The lowest BCUT2D eigenvalue weighted by Gasteiger charge is -2.19. The third-order valence-corrected chi connectivity index (χ3v) is 8.30. The van der Waals surface area contributed by atoms with Crippen LogP contribution >= 0.6 is 23.1 Å². The lowest BCUT2D eigenvalue weighted by atomic mass is 9.81. The normalized spacial score (nSPS) is 19.9. The second kappa shape index (κ2) is 9.15. The monoisotopic (exact) mass is 496 g/mol. The van der Waals surface area contributed by atoms with E-state index in [1.54, 1.807) is 12.1 Å². The summed E-state index contributed by atoms with van der Waals surface area (Å²) in [5.74, 6) is -0.727. The van der Waals surface area contributed by atoms with Crippen LogP contribution in [-0.4, -0.2) is 33.4 Å². The Labute approximate surface area is 202 Å². The molecular formula is C23H20N4O5S2. The molecule has 1 saturated heterocycles. The van der Waals surface area contributed by atoms with Crippen molar-refractivity contribution in [3.05, 3.63) is 52.6 Å². The van der Waals surface area contributed by atoms with E-state index in [2.05, 4.69) is 10.3 Å². The van der Waals surface area contributed by atoms with E-state index in [1.807, 2.05) is 6.07 Å². The van der Waals surface area contributed by atoms with Crippen molar-refractivity contribution >= 4 is 68.1 Å². The second-order valence-electron chi connectivity index (χ2n) is 8.28. The number of imide groups is 1. The summed E-state index contributed by atoms with van der Waals surface area (Å²) in [6.45, 7) is 0. The highest BCUT2D eigenvalue weighted by atomic mass is 32.2. The van der Waals surface area contributed by atoms with Gasteiger partial charge in [-0.25, -0.2) is 4.98 Å². The van der Waals surface area contributed by atoms with Gasteiger partial charge < -0.3 is 5.32 Å². The number of thioether (sulfide) groups is 1. The van der Waals surface area contributed by atoms with Gasteiger partial charge in [0.15, 0.2) is 4.34 Å².